The molecule has 0 bridgehead atoms. The maximum absolute atomic E-state index is 12.3. The first-order valence-corrected chi connectivity index (χ1v) is 14.2. The fraction of sp³-hybridized carbons (Fsp3) is 0.429. The predicted octanol–water partition coefficient (Wildman–Crippen LogP) is 4.04. The van der Waals surface area contributed by atoms with Crippen molar-refractivity contribution in [3.63, 3.8) is 0 Å². The molecule has 11 nitrogen and oxygen atoms in total. The van der Waals surface area contributed by atoms with Crippen molar-refractivity contribution in [1.82, 2.24) is 20.2 Å². The quantitative estimate of drug-likeness (QED) is 0.104. The minimum Gasteiger partial charge on any atom is -0.392 e. The van der Waals surface area contributed by atoms with Gasteiger partial charge in [-0.3, -0.25) is 14.8 Å². The van der Waals surface area contributed by atoms with Gasteiger partial charge < -0.3 is 24.5 Å². The molecule has 0 unspecified atom stereocenters. The summed E-state index contributed by atoms with van der Waals surface area (Å²) in [7, 11) is 1.90. The van der Waals surface area contributed by atoms with Gasteiger partial charge in [0.2, 0.25) is 11.8 Å². The topological polar surface area (TPSA) is 148 Å². The number of rotatable bonds is 13. The summed E-state index contributed by atoms with van der Waals surface area (Å²) in [6.45, 7) is -0.0132. The standard InChI is InChI=1S/C28H35N5O6S/c1-33-18-29-31-28(33)40-17-23-15-24(20-9-7-19(16-34)8-10-20)39-27(38-23)21-11-13-22(14-12-21)30-25(35)5-3-2-4-6-26(36)32-37/h7-14,18,23-24,27,34,37H,2-6,15-17H2,1H3,(H,30,35)(H,32,36)/t23-,24+,27+/m0/s1. The van der Waals surface area contributed by atoms with Gasteiger partial charge in [0.25, 0.3) is 0 Å². The Balaban J connectivity index is 1.36. The third kappa shape index (κ3) is 8.60. The van der Waals surface area contributed by atoms with Gasteiger partial charge in [-0.05, 0) is 36.1 Å². The Labute approximate surface area is 237 Å². The molecule has 0 aliphatic carbocycles. The molecule has 3 atom stereocenters. The molecular weight excluding hydrogens is 534 g/mol. The second-order valence-electron chi connectivity index (χ2n) is 9.65. The molecule has 40 heavy (non-hydrogen) atoms. The summed E-state index contributed by atoms with van der Waals surface area (Å²) in [4.78, 5) is 23.4. The lowest BCUT2D eigenvalue weighted by Gasteiger charge is -2.36. The van der Waals surface area contributed by atoms with Gasteiger partial charge in [-0.2, -0.15) is 0 Å². The molecule has 1 aromatic heterocycles. The highest BCUT2D eigenvalue weighted by Crippen LogP contribution is 2.39. The highest BCUT2D eigenvalue weighted by atomic mass is 32.2. The molecule has 4 rings (SSSR count). The molecule has 3 aromatic rings. The van der Waals surface area contributed by atoms with Crippen molar-refractivity contribution >= 4 is 29.3 Å². The van der Waals surface area contributed by atoms with Crippen molar-refractivity contribution < 1.29 is 29.4 Å². The lowest BCUT2D eigenvalue weighted by atomic mass is 10.0. The van der Waals surface area contributed by atoms with Crippen LogP contribution in [0.3, 0.4) is 0 Å². The van der Waals surface area contributed by atoms with Crippen molar-refractivity contribution in [2.75, 3.05) is 11.1 Å². The first-order chi connectivity index (χ1) is 19.4. The van der Waals surface area contributed by atoms with Gasteiger partial charge in [0, 0.05) is 43.3 Å². The average molecular weight is 570 g/mol. The van der Waals surface area contributed by atoms with E-state index in [1.807, 2.05) is 60.1 Å². The number of thioether (sulfide) groups is 1. The number of carbonyl (C=O) groups excluding carboxylic acids is 2. The van der Waals surface area contributed by atoms with Crippen LogP contribution in [0.1, 0.15) is 67.6 Å². The van der Waals surface area contributed by atoms with E-state index >= 15 is 0 Å². The van der Waals surface area contributed by atoms with Crippen molar-refractivity contribution in [3.05, 3.63) is 71.5 Å². The molecule has 1 saturated heterocycles. The van der Waals surface area contributed by atoms with E-state index in [9.17, 15) is 14.7 Å². The van der Waals surface area contributed by atoms with E-state index < -0.39 is 12.2 Å². The Kier molecular flexibility index (Phi) is 11.1. The van der Waals surface area contributed by atoms with E-state index in [1.165, 1.54) is 0 Å². The number of anilines is 1. The van der Waals surface area contributed by atoms with Gasteiger partial charge in [-0.1, -0.05) is 54.6 Å². The van der Waals surface area contributed by atoms with Crippen LogP contribution in [-0.4, -0.2) is 48.7 Å². The summed E-state index contributed by atoms with van der Waals surface area (Å²) in [5.74, 6) is 0.157. The van der Waals surface area contributed by atoms with E-state index in [1.54, 1.807) is 23.6 Å². The molecule has 4 N–H and O–H groups in total. The summed E-state index contributed by atoms with van der Waals surface area (Å²) in [5.41, 5.74) is 4.97. The van der Waals surface area contributed by atoms with E-state index in [0.717, 1.165) is 28.3 Å². The number of aliphatic hydroxyl groups excluding tert-OH is 1. The van der Waals surface area contributed by atoms with E-state index in [-0.39, 0.29) is 31.1 Å². The molecule has 1 aliphatic rings. The Bertz CT molecular complexity index is 1240. The molecule has 0 spiro atoms. The summed E-state index contributed by atoms with van der Waals surface area (Å²) < 4.78 is 14.6. The molecule has 0 radical (unpaired) electrons. The highest BCUT2D eigenvalue weighted by molar-refractivity contribution is 7.99. The summed E-state index contributed by atoms with van der Waals surface area (Å²) in [6, 6.07) is 15.2. The van der Waals surface area contributed by atoms with Crippen LogP contribution >= 0.6 is 11.8 Å². The maximum atomic E-state index is 12.3. The number of hydrogen-bond donors (Lipinski definition) is 4. The van der Waals surface area contributed by atoms with Crippen molar-refractivity contribution in [2.45, 2.75) is 68.8 Å². The lowest BCUT2D eigenvalue weighted by molar-refractivity contribution is -0.245. The van der Waals surface area contributed by atoms with Crippen molar-refractivity contribution in [2.24, 2.45) is 7.05 Å². The lowest BCUT2D eigenvalue weighted by Crippen LogP contribution is -2.31. The zero-order valence-electron chi connectivity index (χ0n) is 22.4. The zero-order valence-corrected chi connectivity index (χ0v) is 23.2. The minimum atomic E-state index is -0.595. The maximum Gasteiger partial charge on any atom is 0.243 e. The fourth-order valence-electron chi connectivity index (χ4n) is 4.34. The number of aliphatic hydroxyl groups is 1. The summed E-state index contributed by atoms with van der Waals surface area (Å²) in [5, 5.41) is 29.7. The number of unbranched alkanes of at least 4 members (excludes halogenated alkanes) is 2. The van der Waals surface area contributed by atoms with Gasteiger partial charge in [-0.25, -0.2) is 5.48 Å². The minimum absolute atomic E-state index is 0.0132. The number of carbonyl (C=O) groups is 2. The Morgan fingerprint density at radius 1 is 1.00 bits per heavy atom. The van der Waals surface area contributed by atoms with E-state index in [2.05, 4.69) is 15.5 Å². The normalized spacial score (nSPS) is 18.8. The number of nitrogens with zero attached hydrogens (tertiary/aromatic N) is 3. The molecule has 2 aromatic carbocycles. The highest BCUT2D eigenvalue weighted by Gasteiger charge is 2.32. The van der Waals surface area contributed by atoms with Crippen molar-refractivity contribution in [1.29, 1.82) is 0 Å². The monoisotopic (exact) mass is 569 g/mol. The van der Waals surface area contributed by atoms with Crippen LogP contribution < -0.4 is 10.8 Å². The molecule has 1 fully saturated rings. The van der Waals surface area contributed by atoms with Crippen molar-refractivity contribution in [3.8, 4) is 0 Å². The number of nitrogens with one attached hydrogen (secondary N) is 2. The number of hydrogen-bond acceptors (Lipinski definition) is 9. The Morgan fingerprint density at radius 2 is 1.70 bits per heavy atom. The smallest absolute Gasteiger partial charge is 0.243 e. The van der Waals surface area contributed by atoms with Crippen LogP contribution in [0, 0.1) is 0 Å². The number of aryl methyl sites for hydroxylation is 1. The predicted molar refractivity (Wildman–Crippen MR) is 148 cm³/mol. The van der Waals surface area contributed by atoms with E-state index in [0.29, 0.717) is 37.1 Å². The van der Waals surface area contributed by atoms with Crippen LogP contribution in [0.25, 0.3) is 0 Å². The Morgan fingerprint density at radius 3 is 2.35 bits per heavy atom. The fourth-order valence-corrected chi connectivity index (χ4v) is 5.25. The largest absolute Gasteiger partial charge is 0.392 e. The van der Waals surface area contributed by atoms with E-state index in [4.69, 9.17) is 14.7 Å². The molecular formula is C28H35N5O6S. The first-order valence-electron chi connectivity index (χ1n) is 13.3. The van der Waals surface area contributed by atoms with Gasteiger partial charge in [-0.15, -0.1) is 10.2 Å². The summed E-state index contributed by atoms with van der Waals surface area (Å²) in [6.07, 6.45) is 4.00. The SMILES string of the molecule is Cn1cnnc1SC[C@@H]1C[C@H](c2ccc(CO)cc2)O[C@H](c2ccc(NC(=O)CCCCCC(=O)NO)cc2)O1. The molecule has 2 amide bonds. The van der Waals surface area contributed by atoms with Gasteiger partial charge in [0.1, 0.15) is 6.33 Å². The van der Waals surface area contributed by atoms with Crippen LogP contribution in [0.5, 0.6) is 0 Å². The van der Waals surface area contributed by atoms with Crippen LogP contribution in [-0.2, 0) is 32.7 Å². The number of ether oxygens (including phenoxy) is 2. The third-order valence-corrected chi connectivity index (χ3v) is 7.75. The number of hydroxylamine groups is 1. The molecule has 0 saturated carbocycles. The average Bonchev–Trinajstić information content (AvgIpc) is 3.40. The third-order valence-electron chi connectivity index (χ3n) is 6.58. The second-order valence-corrected chi connectivity index (χ2v) is 10.6. The number of amides is 2. The van der Waals surface area contributed by atoms with Crippen LogP contribution in [0.15, 0.2) is 60.0 Å². The second kappa shape index (κ2) is 14.9. The number of benzene rings is 2. The molecule has 12 heteroatoms. The first kappa shape index (κ1) is 29.7. The van der Waals surface area contributed by atoms with Crippen LogP contribution in [0.2, 0.25) is 0 Å². The zero-order chi connectivity index (χ0) is 28.3. The molecule has 2 heterocycles. The molecule has 1 aliphatic heterocycles. The Hall–Kier alpha value is -3.29. The number of aromatic nitrogens is 3. The van der Waals surface area contributed by atoms with Gasteiger partial charge >= 0.3 is 0 Å². The van der Waals surface area contributed by atoms with Gasteiger partial charge in [0.15, 0.2) is 11.4 Å². The van der Waals surface area contributed by atoms with Crippen LogP contribution in [0.4, 0.5) is 5.69 Å². The summed E-state index contributed by atoms with van der Waals surface area (Å²) >= 11 is 1.58. The van der Waals surface area contributed by atoms with Gasteiger partial charge in [0.05, 0.1) is 18.8 Å². The molecule has 214 valence electrons.